The highest BCUT2D eigenvalue weighted by Gasteiger charge is 2.17. The molecule has 1 unspecified atom stereocenters. The number of rotatable bonds is 8. The number of amides is 2. The molecule has 0 aliphatic carbocycles. The molecule has 0 aromatic heterocycles. The van der Waals surface area contributed by atoms with E-state index in [2.05, 4.69) is 14.8 Å². The Hall–Kier alpha value is -1.54. The normalized spacial score (nSPS) is 10.9. The van der Waals surface area contributed by atoms with Crippen LogP contribution in [0.15, 0.2) is 0 Å². The van der Waals surface area contributed by atoms with Gasteiger partial charge in [-0.3, -0.25) is 9.59 Å². The number of alkyl carbamates (subject to hydrolysis) is 1. The van der Waals surface area contributed by atoms with Crippen molar-refractivity contribution >= 4 is 30.4 Å². The van der Waals surface area contributed by atoms with Gasteiger partial charge >= 0.3 is 12.1 Å². The highest BCUT2D eigenvalue weighted by molar-refractivity contribution is 5.85. The van der Waals surface area contributed by atoms with E-state index < -0.39 is 18.1 Å². The van der Waals surface area contributed by atoms with Gasteiger partial charge in [0.1, 0.15) is 6.04 Å². The molecule has 2 amide bonds. The first-order valence-corrected chi connectivity index (χ1v) is 6.40. The molecule has 21 heavy (non-hydrogen) atoms. The highest BCUT2D eigenvalue weighted by Crippen LogP contribution is 2.00. The van der Waals surface area contributed by atoms with Gasteiger partial charge < -0.3 is 25.4 Å². The van der Waals surface area contributed by atoms with Crippen LogP contribution in [0.4, 0.5) is 4.79 Å². The summed E-state index contributed by atoms with van der Waals surface area (Å²) >= 11 is 0. The maximum Gasteiger partial charge on any atom is 0.407 e. The first-order valence-electron chi connectivity index (χ1n) is 6.40. The van der Waals surface area contributed by atoms with E-state index in [0.29, 0.717) is 19.7 Å². The van der Waals surface area contributed by atoms with Crippen molar-refractivity contribution in [1.29, 1.82) is 0 Å². The molecule has 0 fully saturated rings. The molecule has 1 atom stereocenters. The molecule has 0 saturated carbocycles. The van der Waals surface area contributed by atoms with Gasteiger partial charge in [-0.05, 0) is 13.3 Å². The van der Waals surface area contributed by atoms with Crippen molar-refractivity contribution in [3.05, 3.63) is 0 Å². The summed E-state index contributed by atoms with van der Waals surface area (Å²) in [7, 11) is 2.86. The molecule has 0 saturated heterocycles. The first-order chi connectivity index (χ1) is 9.42. The van der Waals surface area contributed by atoms with Crippen molar-refractivity contribution in [3.8, 4) is 0 Å². The Morgan fingerprint density at radius 2 is 1.95 bits per heavy atom. The number of nitrogens with two attached hydrogens (primary N) is 1. The maximum absolute atomic E-state index is 11.7. The van der Waals surface area contributed by atoms with Crippen LogP contribution in [-0.4, -0.2) is 62.8 Å². The zero-order valence-electron chi connectivity index (χ0n) is 12.6. The van der Waals surface area contributed by atoms with E-state index in [-0.39, 0.29) is 31.2 Å². The second kappa shape index (κ2) is 12.2. The van der Waals surface area contributed by atoms with Gasteiger partial charge in [-0.15, -0.1) is 12.4 Å². The van der Waals surface area contributed by atoms with Crippen LogP contribution in [0.1, 0.15) is 19.8 Å². The van der Waals surface area contributed by atoms with Gasteiger partial charge in [0, 0.05) is 26.6 Å². The Morgan fingerprint density at radius 3 is 2.48 bits per heavy atom. The van der Waals surface area contributed by atoms with Gasteiger partial charge in [-0.2, -0.15) is 0 Å². The lowest BCUT2D eigenvalue weighted by atomic mass is 10.1. The summed E-state index contributed by atoms with van der Waals surface area (Å²) in [4.78, 5) is 35.3. The number of nitrogens with zero attached hydrogens (tertiary/aromatic N) is 1. The summed E-state index contributed by atoms with van der Waals surface area (Å²) in [6, 6.07) is -0.796. The third kappa shape index (κ3) is 9.91. The quantitative estimate of drug-likeness (QED) is 0.602. The second-order valence-electron chi connectivity index (χ2n) is 4.13. The molecule has 0 aromatic carbocycles. The molecule has 0 rings (SSSR count). The first kappa shape index (κ1) is 21.8. The Balaban J connectivity index is 0. The number of halogens is 1. The number of likely N-dealkylation sites (N-methyl/N-ethyl adjacent to an activating group) is 1. The van der Waals surface area contributed by atoms with Gasteiger partial charge in [-0.25, -0.2) is 4.79 Å². The van der Waals surface area contributed by atoms with Crippen LogP contribution < -0.4 is 11.1 Å². The van der Waals surface area contributed by atoms with Crippen LogP contribution in [0.5, 0.6) is 0 Å². The molecule has 0 bridgehead atoms. The number of carbonyl (C=O) groups is 3. The summed E-state index contributed by atoms with van der Waals surface area (Å²) in [6.45, 7) is 2.65. The van der Waals surface area contributed by atoms with Crippen molar-refractivity contribution in [3.63, 3.8) is 0 Å². The third-order valence-electron chi connectivity index (χ3n) is 2.59. The topological polar surface area (TPSA) is 111 Å². The lowest BCUT2D eigenvalue weighted by molar-refractivity contribution is -0.142. The fourth-order valence-corrected chi connectivity index (χ4v) is 1.37. The molecule has 0 aliphatic rings. The predicted molar refractivity (Wildman–Crippen MR) is 79.1 cm³/mol. The molecule has 3 N–H and O–H groups in total. The maximum atomic E-state index is 11.7. The van der Waals surface area contributed by atoms with Crippen LogP contribution in [0.2, 0.25) is 0 Å². The fourth-order valence-electron chi connectivity index (χ4n) is 1.37. The highest BCUT2D eigenvalue weighted by atomic mass is 35.5. The van der Waals surface area contributed by atoms with Crippen LogP contribution in [0.3, 0.4) is 0 Å². The zero-order chi connectivity index (χ0) is 15.5. The third-order valence-corrected chi connectivity index (χ3v) is 2.59. The Bertz CT molecular complexity index is 341. The fraction of sp³-hybridized carbons (Fsp3) is 0.750. The standard InChI is InChI=1S/C12H23N3O5.ClH/c1-4-20-12(18)14-7-8-15(2)10(16)6-5-9(13)11(17)19-3;/h9H,4-8,13H2,1-3H3,(H,14,18);1H. The van der Waals surface area contributed by atoms with Crippen LogP contribution in [0, 0.1) is 0 Å². The molecule has 0 heterocycles. The number of ether oxygens (including phenoxy) is 2. The van der Waals surface area contributed by atoms with E-state index in [1.807, 2.05) is 0 Å². The number of methoxy groups -OCH3 is 1. The molecule has 0 aromatic rings. The summed E-state index contributed by atoms with van der Waals surface area (Å²) in [5, 5.41) is 2.51. The molecule has 124 valence electrons. The molecule has 8 nitrogen and oxygen atoms in total. The average Bonchev–Trinajstić information content (AvgIpc) is 2.43. The van der Waals surface area contributed by atoms with Crippen molar-refractivity contribution in [2.75, 3.05) is 33.9 Å². The summed E-state index contributed by atoms with van der Waals surface area (Å²) in [6.07, 6.45) is -0.145. The van der Waals surface area contributed by atoms with Gasteiger partial charge in [-0.1, -0.05) is 0 Å². The molecule has 9 heteroatoms. The number of nitrogens with one attached hydrogen (secondary N) is 1. The average molecular weight is 326 g/mol. The van der Waals surface area contributed by atoms with Crippen molar-refractivity contribution in [1.82, 2.24) is 10.2 Å². The van der Waals surface area contributed by atoms with E-state index in [0.717, 1.165) is 0 Å². The number of hydrogen-bond donors (Lipinski definition) is 2. The van der Waals surface area contributed by atoms with Crippen molar-refractivity contribution in [2.45, 2.75) is 25.8 Å². The molecule has 0 spiro atoms. The molecular weight excluding hydrogens is 302 g/mol. The smallest absolute Gasteiger partial charge is 0.407 e. The van der Waals surface area contributed by atoms with E-state index in [1.165, 1.54) is 12.0 Å². The van der Waals surface area contributed by atoms with E-state index in [4.69, 9.17) is 5.73 Å². The molecular formula is C12H24ClN3O5. The molecule has 0 radical (unpaired) electrons. The summed E-state index contributed by atoms with van der Waals surface area (Å²) in [5.41, 5.74) is 5.53. The second-order valence-corrected chi connectivity index (χ2v) is 4.13. The van der Waals surface area contributed by atoms with Crippen LogP contribution >= 0.6 is 12.4 Å². The van der Waals surface area contributed by atoms with Gasteiger partial charge in [0.05, 0.1) is 13.7 Å². The Morgan fingerprint density at radius 1 is 1.33 bits per heavy atom. The SMILES string of the molecule is CCOC(=O)NCCN(C)C(=O)CCC(N)C(=O)OC.Cl. The van der Waals surface area contributed by atoms with E-state index in [9.17, 15) is 14.4 Å². The largest absolute Gasteiger partial charge is 0.468 e. The van der Waals surface area contributed by atoms with Crippen LogP contribution in [0.25, 0.3) is 0 Å². The lowest BCUT2D eigenvalue weighted by Gasteiger charge is -2.18. The number of carbonyl (C=O) groups excluding carboxylic acids is 3. The van der Waals surface area contributed by atoms with E-state index >= 15 is 0 Å². The van der Waals surface area contributed by atoms with E-state index in [1.54, 1.807) is 14.0 Å². The summed E-state index contributed by atoms with van der Waals surface area (Å²) < 4.78 is 9.15. The van der Waals surface area contributed by atoms with Crippen molar-refractivity contribution < 1.29 is 23.9 Å². The number of hydrogen-bond acceptors (Lipinski definition) is 6. The Kier molecular flexibility index (Phi) is 12.7. The Labute approximate surface area is 130 Å². The summed E-state index contributed by atoms with van der Waals surface area (Å²) in [5.74, 6) is -0.695. The van der Waals surface area contributed by atoms with Crippen LogP contribution in [-0.2, 0) is 19.1 Å². The monoisotopic (exact) mass is 325 g/mol. The minimum absolute atomic E-state index is 0. The van der Waals surface area contributed by atoms with Crippen molar-refractivity contribution in [2.24, 2.45) is 5.73 Å². The van der Waals surface area contributed by atoms with Gasteiger partial charge in [0.2, 0.25) is 5.91 Å². The molecule has 0 aliphatic heterocycles. The lowest BCUT2D eigenvalue weighted by Crippen LogP contribution is -2.38. The minimum atomic E-state index is -0.796. The minimum Gasteiger partial charge on any atom is -0.468 e. The van der Waals surface area contributed by atoms with Gasteiger partial charge in [0.15, 0.2) is 0 Å². The number of esters is 1. The zero-order valence-corrected chi connectivity index (χ0v) is 13.4. The van der Waals surface area contributed by atoms with Gasteiger partial charge in [0.25, 0.3) is 0 Å². The predicted octanol–water partition coefficient (Wildman–Crippen LogP) is -0.107.